The van der Waals surface area contributed by atoms with Gasteiger partial charge in [0.05, 0.1) is 24.6 Å². The molecule has 1 aliphatic heterocycles. The number of nitrogens with one attached hydrogen (secondary N) is 2. The summed E-state index contributed by atoms with van der Waals surface area (Å²) in [6.45, 7) is 2.88. The third-order valence-electron chi connectivity index (χ3n) is 7.52. The molecule has 1 aromatic carbocycles. The highest BCUT2D eigenvalue weighted by Gasteiger charge is 2.45. The summed E-state index contributed by atoms with van der Waals surface area (Å²) in [7, 11) is 0. The Kier molecular flexibility index (Phi) is 7.68. The molecule has 2 unspecified atom stereocenters. The zero-order valence-electron chi connectivity index (χ0n) is 21.7. The third-order valence-corrected chi connectivity index (χ3v) is 8.19. The van der Waals surface area contributed by atoms with E-state index in [-0.39, 0.29) is 43.1 Å². The molecule has 0 saturated heterocycles. The number of carbonyl (C=O) groups excluding carboxylic acids is 2. The summed E-state index contributed by atoms with van der Waals surface area (Å²) in [6.07, 6.45) is 5.67. The van der Waals surface area contributed by atoms with Crippen LogP contribution in [0, 0.1) is 11.8 Å². The van der Waals surface area contributed by atoms with E-state index in [0.29, 0.717) is 48.1 Å². The van der Waals surface area contributed by atoms with Crippen LogP contribution in [0.15, 0.2) is 18.2 Å². The minimum absolute atomic E-state index is 0.131. The Bertz CT molecular complexity index is 1210. The van der Waals surface area contributed by atoms with Crippen molar-refractivity contribution in [3.05, 3.63) is 40.6 Å². The molecule has 38 heavy (non-hydrogen) atoms. The number of rotatable bonds is 11. The van der Waals surface area contributed by atoms with Crippen LogP contribution in [0.3, 0.4) is 0 Å². The van der Waals surface area contributed by atoms with Gasteiger partial charge in [-0.3, -0.25) is 9.59 Å². The molecule has 2 aliphatic carbocycles. The average molecular weight is 549 g/mol. The van der Waals surface area contributed by atoms with Gasteiger partial charge in [-0.05, 0) is 53.2 Å². The van der Waals surface area contributed by atoms with Gasteiger partial charge in [-0.1, -0.05) is 25.8 Å². The summed E-state index contributed by atoms with van der Waals surface area (Å²) in [6, 6.07) is 5.35. The van der Waals surface area contributed by atoms with Gasteiger partial charge >= 0.3 is 0 Å². The van der Waals surface area contributed by atoms with E-state index in [4.69, 9.17) is 9.84 Å². The van der Waals surface area contributed by atoms with Crippen LogP contribution in [0.4, 0.5) is 14.6 Å². The monoisotopic (exact) mass is 548 g/mol. The number of alkyl halides is 2. The lowest BCUT2D eigenvalue weighted by atomic mass is 9.82. The summed E-state index contributed by atoms with van der Waals surface area (Å²) < 4.78 is 45.3. The minimum Gasteiger partial charge on any atom is -0.616 e. The van der Waals surface area contributed by atoms with E-state index >= 15 is 0 Å². The quantitative estimate of drug-likeness (QED) is 0.413. The highest BCUT2D eigenvalue weighted by Crippen LogP contribution is 2.42. The Morgan fingerprint density at radius 2 is 2.08 bits per heavy atom. The predicted octanol–water partition coefficient (Wildman–Crippen LogP) is 4.01. The van der Waals surface area contributed by atoms with Crippen LogP contribution < -0.4 is 15.4 Å². The molecule has 2 heterocycles. The Balaban J connectivity index is 1.33. The molecule has 8 nitrogen and oxygen atoms in total. The SMILES string of the molecule is CCc1cc(OCC2CC(F)(F)C2)ccc1C1Cc2nn(CCC3CC3)c(NC(=O)C[S+](C)[O-])c2C(=O)N1. The van der Waals surface area contributed by atoms with Crippen LogP contribution >= 0.6 is 0 Å². The molecule has 1 aromatic heterocycles. The molecule has 5 rings (SSSR count). The minimum atomic E-state index is -2.56. The van der Waals surface area contributed by atoms with Crippen molar-refractivity contribution in [3.63, 3.8) is 0 Å². The van der Waals surface area contributed by atoms with Crippen molar-refractivity contribution in [2.24, 2.45) is 11.8 Å². The lowest BCUT2D eigenvalue weighted by molar-refractivity contribution is -0.119. The Labute approximate surface area is 224 Å². The summed E-state index contributed by atoms with van der Waals surface area (Å²) in [4.78, 5) is 25.8. The number of nitrogens with zero attached hydrogens (tertiary/aromatic N) is 2. The van der Waals surface area contributed by atoms with Gasteiger partial charge in [0.25, 0.3) is 11.8 Å². The van der Waals surface area contributed by atoms with Gasteiger partial charge in [-0.15, -0.1) is 0 Å². The number of benzene rings is 1. The topological polar surface area (TPSA) is 108 Å². The number of anilines is 1. The fourth-order valence-electron chi connectivity index (χ4n) is 5.34. The Morgan fingerprint density at radius 1 is 1.32 bits per heavy atom. The second kappa shape index (κ2) is 10.8. The summed E-state index contributed by atoms with van der Waals surface area (Å²) in [5.74, 6) is -1.91. The lowest BCUT2D eigenvalue weighted by Gasteiger charge is -2.34. The van der Waals surface area contributed by atoms with Crippen LogP contribution in [0.5, 0.6) is 5.75 Å². The first kappa shape index (κ1) is 26.9. The normalized spacial score (nSPS) is 21.3. The van der Waals surface area contributed by atoms with E-state index in [2.05, 4.69) is 10.6 Å². The average Bonchev–Trinajstić information content (AvgIpc) is 3.60. The summed E-state index contributed by atoms with van der Waals surface area (Å²) in [5.41, 5.74) is 2.94. The number of aryl methyl sites for hydroxylation is 2. The van der Waals surface area contributed by atoms with E-state index in [1.54, 1.807) is 4.68 Å². The largest absolute Gasteiger partial charge is 0.616 e. The molecule has 2 saturated carbocycles. The second-order valence-corrected chi connectivity index (χ2v) is 12.2. The number of amides is 2. The predicted molar refractivity (Wildman–Crippen MR) is 140 cm³/mol. The number of ether oxygens (including phenoxy) is 1. The first-order chi connectivity index (χ1) is 18.1. The van der Waals surface area contributed by atoms with Crippen molar-refractivity contribution in [1.82, 2.24) is 15.1 Å². The lowest BCUT2D eigenvalue weighted by Crippen LogP contribution is -2.38. The van der Waals surface area contributed by atoms with Crippen molar-refractivity contribution in [2.75, 3.05) is 23.9 Å². The fourth-order valence-corrected chi connectivity index (χ4v) is 5.78. The van der Waals surface area contributed by atoms with Crippen LogP contribution in [0.1, 0.15) is 72.2 Å². The van der Waals surface area contributed by atoms with E-state index in [0.717, 1.165) is 17.5 Å². The van der Waals surface area contributed by atoms with Gasteiger partial charge in [0.15, 0.2) is 5.75 Å². The summed E-state index contributed by atoms with van der Waals surface area (Å²) in [5, 5.41) is 10.6. The molecular formula is C27H34F2N4O4S. The number of carbonyl (C=O) groups is 2. The molecular weight excluding hydrogens is 514 g/mol. The number of hydrogen-bond donors (Lipinski definition) is 2. The first-order valence-electron chi connectivity index (χ1n) is 13.3. The molecule has 0 bridgehead atoms. The molecule has 0 spiro atoms. The maximum absolute atomic E-state index is 13.3. The van der Waals surface area contributed by atoms with E-state index in [1.165, 1.54) is 19.1 Å². The number of fused-ring (bicyclic) bond motifs is 1. The second-order valence-electron chi connectivity index (χ2n) is 10.8. The molecule has 2 atom stereocenters. The van der Waals surface area contributed by atoms with Crippen molar-refractivity contribution in [3.8, 4) is 5.75 Å². The van der Waals surface area contributed by atoms with Gasteiger partial charge in [0, 0.05) is 31.7 Å². The van der Waals surface area contributed by atoms with Gasteiger partial charge in [-0.25, -0.2) is 13.5 Å². The molecule has 3 aliphatic rings. The molecule has 11 heteroatoms. The standard InChI is InChI=1S/C27H34F2N4O4S/c1-3-18-10-19(37-14-17-12-27(28,29)13-17)6-7-20(18)21-11-22-24(26(35)30-21)25(31-23(34)15-38(2)36)33(32-22)9-8-16-4-5-16/h6-7,10,16-17,21H,3-5,8-9,11-15H2,1-2H3,(H,30,35)(H,31,34). The number of aromatic nitrogens is 2. The highest BCUT2D eigenvalue weighted by atomic mass is 32.2. The summed E-state index contributed by atoms with van der Waals surface area (Å²) >= 11 is -1.30. The fraction of sp³-hybridized carbons (Fsp3) is 0.593. The number of hydrogen-bond acceptors (Lipinski definition) is 5. The Hall–Kier alpha value is -2.66. The van der Waals surface area contributed by atoms with Crippen LogP contribution in [-0.4, -0.2) is 50.7 Å². The maximum atomic E-state index is 13.3. The van der Waals surface area contributed by atoms with Crippen molar-refractivity contribution in [1.29, 1.82) is 0 Å². The number of halogens is 2. The molecule has 2 amide bonds. The van der Waals surface area contributed by atoms with Gasteiger partial charge < -0.3 is 19.9 Å². The zero-order valence-corrected chi connectivity index (χ0v) is 22.5. The van der Waals surface area contributed by atoms with Crippen molar-refractivity contribution < 1.29 is 27.7 Å². The van der Waals surface area contributed by atoms with E-state index < -0.39 is 23.0 Å². The van der Waals surface area contributed by atoms with Crippen molar-refractivity contribution >= 4 is 28.8 Å². The van der Waals surface area contributed by atoms with E-state index in [9.17, 15) is 22.9 Å². The van der Waals surface area contributed by atoms with Gasteiger partial charge in [0.1, 0.15) is 17.1 Å². The molecule has 206 valence electrons. The van der Waals surface area contributed by atoms with Gasteiger partial charge in [0.2, 0.25) is 5.92 Å². The first-order valence-corrected chi connectivity index (χ1v) is 15.0. The van der Waals surface area contributed by atoms with Crippen molar-refractivity contribution in [2.45, 2.75) is 70.4 Å². The van der Waals surface area contributed by atoms with E-state index in [1.807, 2.05) is 25.1 Å². The molecule has 0 radical (unpaired) electrons. The van der Waals surface area contributed by atoms with Gasteiger partial charge in [-0.2, -0.15) is 5.10 Å². The van der Waals surface area contributed by atoms with Crippen LogP contribution in [-0.2, 0) is 35.4 Å². The Morgan fingerprint density at radius 3 is 2.74 bits per heavy atom. The maximum Gasteiger partial charge on any atom is 0.275 e. The van der Waals surface area contributed by atoms with Crippen LogP contribution in [0.2, 0.25) is 0 Å². The third kappa shape index (κ3) is 6.14. The molecule has 2 N–H and O–H groups in total. The zero-order chi connectivity index (χ0) is 27.0. The molecule has 2 aromatic rings. The molecule has 2 fully saturated rings. The van der Waals surface area contributed by atoms with Crippen LogP contribution in [0.25, 0.3) is 0 Å². The highest BCUT2D eigenvalue weighted by molar-refractivity contribution is 7.91. The smallest absolute Gasteiger partial charge is 0.275 e.